The number of carbonyl (C=O) groups is 2. The second-order valence-electron chi connectivity index (χ2n) is 8.04. The number of Topliss-reactive ketones (excluding diaryl/α,β-unsaturated/α-hetero) is 1. The summed E-state index contributed by atoms with van der Waals surface area (Å²) < 4.78 is 11.1. The molecule has 4 rings (SSSR count). The Morgan fingerprint density at radius 3 is 2.45 bits per heavy atom. The van der Waals surface area contributed by atoms with Crippen LogP contribution in [0.4, 0.5) is 5.69 Å². The van der Waals surface area contributed by atoms with Gasteiger partial charge in [0.05, 0.1) is 20.3 Å². The molecule has 0 fully saturated rings. The number of rotatable bonds is 8. The van der Waals surface area contributed by atoms with Gasteiger partial charge in [-0.2, -0.15) is 0 Å². The number of nitrogens with zero attached hydrogens (tertiary/aromatic N) is 1. The summed E-state index contributed by atoms with van der Waals surface area (Å²) in [5.41, 5.74) is 3.77. The summed E-state index contributed by atoms with van der Waals surface area (Å²) in [6.45, 7) is 3.01. The number of thiophene rings is 1. The normalized spacial score (nSPS) is 15.5. The molecule has 172 valence electrons. The third kappa shape index (κ3) is 5.10. The molecular weight excluding hydrogens is 436 g/mol. The zero-order chi connectivity index (χ0) is 23.4. The minimum Gasteiger partial charge on any atom is -0.493 e. The number of ether oxygens (including phenoxy) is 2. The Kier molecular flexibility index (Phi) is 7.11. The summed E-state index contributed by atoms with van der Waals surface area (Å²) in [7, 11) is 3.31. The van der Waals surface area contributed by atoms with E-state index in [1.165, 1.54) is 22.9 Å². The second-order valence-corrected chi connectivity index (χ2v) is 9.02. The Morgan fingerprint density at radius 1 is 1.09 bits per heavy atom. The first-order valence-corrected chi connectivity index (χ1v) is 11.8. The number of nitrogens with one attached hydrogen (secondary N) is 1. The summed E-state index contributed by atoms with van der Waals surface area (Å²) in [5.74, 6) is 1.41. The van der Waals surface area contributed by atoms with Crippen molar-refractivity contribution in [3.63, 3.8) is 0 Å². The van der Waals surface area contributed by atoms with Gasteiger partial charge in [-0.15, -0.1) is 11.3 Å². The maximum Gasteiger partial charge on any atom is 0.225 e. The Hall–Kier alpha value is -3.16. The Labute approximate surface area is 198 Å². The molecule has 1 atom stereocenters. The fourth-order valence-electron chi connectivity index (χ4n) is 4.28. The first-order valence-electron chi connectivity index (χ1n) is 10.9. The zero-order valence-corrected chi connectivity index (χ0v) is 19.9. The summed E-state index contributed by atoms with van der Waals surface area (Å²) in [6.07, 6.45) is 1.25. The average Bonchev–Trinajstić information content (AvgIpc) is 3.36. The monoisotopic (exact) mass is 464 g/mol. The van der Waals surface area contributed by atoms with Gasteiger partial charge in [0.2, 0.25) is 5.91 Å². The van der Waals surface area contributed by atoms with Crippen molar-refractivity contribution in [1.82, 2.24) is 4.90 Å². The number of benzene rings is 2. The van der Waals surface area contributed by atoms with Gasteiger partial charge < -0.3 is 14.8 Å². The van der Waals surface area contributed by atoms with Crippen LogP contribution in [-0.2, 0) is 11.2 Å². The zero-order valence-electron chi connectivity index (χ0n) is 19.1. The Bertz CT molecular complexity index is 1130. The highest BCUT2D eigenvalue weighted by Crippen LogP contribution is 2.42. The fraction of sp³-hybridized carbons (Fsp3) is 0.308. The molecule has 0 spiro atoms. The molecule has 1 N–H and O–H groups in total. The minimum atomic E-state index is -0.0476. The molecule has 1 aliphatic rings. The van der Waals surface area contributed by atoms with Gasteiger partial charge in [0.15, 0.2) is 17.3 Å². The molecule has 2 aromatic carbocycles. The molecule has 1 amide bonds. The molecule has 1 aliphatic heterocycles. The van der Waals surface area contributed by atoms with Crippen molar-refractivity contribution in [3.8, 4) is 11.5 Å². The van der Waals surface area contributed by atoms with Crippen molar-refractivity contribution in [3.05, 3.63) is 75.5 Å². The van der Waals surface area contributed by atoms with E-state index in [1.807, 2.05) is 0 Å². The smallest absolute Gasteiger partial charge is 0.225 e. The molecule has 0 bridgehead atoms. The minimum absolute atomic E-state index is 0.00660. The highest BCUT2D eigenvalue weighted by molar-refractivity contribution is 7.10. The lowest BCUT2D eigenvalue weighted by Crippen LogP contribution is -2.37. The van der Waals surface area contributed by atoms with Crippen molar-refractivity contribution in [1.29, 1.82) is 0 Å². The van der Waals surface area contributed by atoms with E-state index in [9.17, 15) is 9.59 Å². The lowest BCUT2D eigenvalue weighted by molar-refractivity contribution is -0.116. The predicted molar refractivity (Wildman–Crippen MR) is 131 cm³/mol. The molecule has 0 radical (unpaired) electrons. The summed E-state index contributed by atoms with van der Waals surface area (Å²) in [4.78, 5) is 27.7. The lowest BCUT2D eigenvalue weighted by Gasteiger charge is -2.37. The largest absolute Gasteiger partial charge is 0.493 e. The Morgan fingerprint density at radius 2 is 1.82 bits per heavy atom. The molecule has 1 unspecified atom stereocenters. The van der Waals surface area contributed by atoms with Crippen molar-refractivity contribution >= 4 is 28.7 Å². The number of amides is 1. The van der Waals surface area contributed by atoms with E-state index < -0.39 is 0 Å². The van der Waals surface area contributed by atoms with Crippen molar-refractivity contribution in [2.45, 2.75) is 25.8 Å². The number of hydrogen-bond acceptors (Lipinski definition) is 6. The highest BCUT2D eigenvalue weighted by Gasteiger charge is 2.31. The molecule has 6 nitrogen and oxygen atoms in total. The third-order valence-corrected chi connectivity index (χ3v) is 6.91. The molecule has 7 heteroatoms. The second kappa shape index (κ2) is 10.2. The van der Waals surface area contributed by atoms with E-state index in [1.54, 1.807) is 49.8 Å². The van der Waals surface area contributed by atoms with Gasteiger partial charge in [0.25, 0.3) is 0 Å². The van der Waals surface area contributed by atoms with E-state index in [0.717, 1.165) is 18.7 Å². The number of ketones is 1. The van der Waals surface area contributed by atoms with Crippen LogP contribution in [0.2, 0.25) is 0 Å². The van der Waals surface area contributed by atoms with Crippen LogP contribution in [0.25, 0.3) is 0 Å². The standard InChI is InChI=1S/C26H28N2O4S/c1-17(29)18-6-8-20(9-7-18)27-25(30)11-13-28-12-10-19-15-22(31-2)23(32-3)16-21(19)26(28)24-5-4-14-33-24/h4-9,14-16,26H,10-13H2,1-3H3,(H,27,30). The lowest BCUT2D eigenvalue weighted by atomic mass is 9.90. The van der Waals surface area contributed by atoms with E-state index in [0.29, 0.717) is 30.0 Å². The quantitative estimate of drug-likeness (QED) is 0.478. The molecule has 2 heterocycles. The highest BCUT2D eigenvalue weighted by atomic mass is 32.1. The van der Waals surface area contributed by atoms with Crippen molar-refractivity contribution < 1.29 is 19.1 Å². The number of anilines is 1. The SMILES string of the molecule is COc1cc2c(cc1OC)C(c1cccs1)N(CCC(=O)Nc1ccc(C(C)=O)cc1)CC2. The van der Waals surface area contributed by atoms with Gasteiger partial charge in [-0.25, -0.2) is 0 Å². The average molecular weight is 465 g/mol. The van der Waals surface area contributed by atoms with Crippen LogP contribution in [-0.4, -0.2) is 43.9 Å². The molecule has 0 saturated heterocycles. The van der Waals surface area contributed by atoms with Crippen LogP contribution < -0.4 is 14.8 Å². The van der Waals surface area contributed by atoms with Gasteiger partial charge in [-0.05, 0) is 72.3 Å². The molecule has 1 aromatic heterocycles. The number of fused-ring (bicyclic) bond motifs is 1. The first-order chi connectivity index (χ1) is 16.0. The third-order valence-electron chi connectivity index (χ3n) is 5.99. The van der Waals surface area contributed by atoms with E-state index in [2.05, 4.69) is 39.9 Å². The van der Waals surface area contributed by atoms with Gasteiger partial charge in [0.1, 0.15) is 0 Å². The van der Waals surface area contributed by atoms with E-state index >= 15 is 0 Å². The molecule has 0 saturated carbocycles. The van der Waals surface area contributed by atoms with E-state index in [-0.39, 0.29) is 17.7 Å². The fourth-order valence-corrected chi connectivity index (χ4v) is 5.15. The summed E-state index contributed by atoms with van der Waals surface area (Å²) in [6, 6.07) is 15.4. The maximum absolute atomic E-state index is 12.7. The Balaban J connectivity index is 1.50. The first kappa shape index (κ1) is 23.0. The van der Waals surface area contributed by atoms with Crippen LogP contribution in [0.3, 0.4) is 0 Å². The number of methoxy groups -OCH3 is 2. The summed E-state index contributed by atoms with van der Waals surface area (Å²) in [5, 5.41) is 5.02. The maximum atomic E-state index is 12.7. The predicted octanol–water partition coefficient (Wildman–Crippen LogP) is 4.94. The number of hydrogen-bond donors (Lipinski definition) is 1. The van der Waals surface area contributed by atoms with Gasteiger partial charge in [-0.1, -0.05) is 6.07 Å². The van der Waals surface area contributed by atoms with Crippen molar-refractivity contribution in [2.75, 3.05) is 32.6 Å². The molecule has 33 heavy (non-hydrogen) atoms. The summed E-state index contributed by atoms with van der Waals surface area (Å²) >= 11 is 1.72. The number of carbonyl (C=O) groups excluding carboxylic acids is 2. The molecule has 3 aromatic rings. The van der Waals surface area contributed by atoms with Gasteiger partial charge >= 0.3 is 0 Å². The van der Waals surface area contributed by atoms with Crippen molar-refractivity contribution in [2.24, 2.45) is 0 Å². The van der Waals surface area contributed by atoms with Crippen LogP contribution in [0.5, 0.6) is 11.5 Å². The molecule has 0 aliphatic carbocycles. The van der Waals surface area contributed by atoms with E-state index in [4.69, 9.17) is 9.47 Å². The topological polar surface area (TPSA) is 67.9 Å². The van der Waals surface area contributed by atoms with Crippen LogP contribution in [0, 0.1) is 0 Å². The van der Waals surface area contributed by atoms with Crippen LogP contribution >= 0.6 is 11.3 Å². The van der Waals surface area contributed by atoms with Crippen LogP contribution in [0.15, 0.2) is 53.9 Å². The van der Waals surface area contributed by atoms with Gasteiger partial charge in [0, 0.05) is 35.6 Å². The van der Waals surface area contributed by atoms with Crippen LogP contribution in [0.1, 0.15) is 45.7 Å². The molecular formula is C26H28N2O4S. The van der Waals surface area contributed by atoms with Gasteiger partial charge in [-0.3, -0.25) is 14.5 Å².